The third-order valence-corrected chi connectivity index (χ3v) is 6.69. The largest absolute Gasteiger partial charge is 0.492 e. The first-order valence-electron chi connectivity index (χ1n) is 12.3. The van der Waals surface area contributed by atoms with Gasteiger partial charge in [-0.2, -0.15) is 0 Å². The number of aliphatic imine (C=N–C) groups is 1. The van der Waals surface area contributed by atoms with Gasteiger partial charge >= 0.3 is 0 Å². The molecular formula is C25H43IN4O3. The summed E-state index contributed by atoms with van der Waals surface area (Å²) in [6.07, 6.45) is 6.28. The van der Waals surface area contributed by atoms with E-state index in [2.05, 4.69) is 39.6 Å². The molecule has 0 bridgehead atoms. The van der Waals surface area contributed by atoms with Gasteiger partial charge in [-0.3, -0.25) is 9.89 Å². The van der Waals surface area contributed by atoms with Crippen molar-refractivity contribution in [2.24, 2.45) is 10.4 Å². The fourth-order valence-electron chi connectivity index (χ4n) is 4.64. The van der Waals surface area contributed by atoms with Crippen LogP contribution in [0, 0.1) is 5.41 Å². The van der Waals surface area contributed by atoms with Gasteiger partial charge in [-0.25, -0.2) is 0 Å². The van der Waals surface area contributed by atoms with Crippen LogP contribution in [0.4, 0.5) is 0 Å². The van der Waals surface area contributed by atoms with Crippen LogP contribution in [0.2, 0.25) is 0 Å². The summed E-state index contributed by atoms with van der Waals surface area (Å²) < 4.78 is 17.2. The average molecular weight is 575 g/mol. The number of nitrogens with zero attached hydrogens (tertiary/aromatic N) is 2. The highest BCUT2D eigenvalue weighted by molar-refractivity contribution is 14.0. The zero-order chi connectivity index (χ0) is 22.5. The molecule has 8 heteroatoms. The summed E-state index contributed by atoms with van der Waals surface area (Å²) in [5.74, 6) is 1.78. The van der Waals surface area contributed by atoms with Crippen molar-refractivity contribution in [3.05, 3.63) is 29.8 Å². The topological polar surface area (TPSA) is 67.3 Å². The minimum Gasteiger partial charge on any atom is -0.492 e. The van der Waals surface area contributed by atoms with Crippen LogP contribution in [0.15, 0.2) is 29.3 Å². The highest BCUT2D eigenvalue weighted by atomic mass is 127. The molecule has 0 amide bonds. The van der Waals surface area contributed by atoms with Gasteiger partial charge in [-0.15, -0.1) is 24.0 Å². The van der Waals surface area contributed by atoms with Crippen LogP contribution in [0.25, 0.3) is 0 Å². The number of rotatable bonds is 12. The van der Waals surface area contributed by atoms with Crippen LogP contribution in [0.5, 0.6) is 5.75 Å². The molecule has 3 rings (SSSR count). The standard InChI is InChI=1S/C25H42N4O3.HI/c1-3-30-16-12-25(10-6-7-11-25)21-28-24(26-2)27-20-22-8-4-5-9-23(22)32-19-15-29-13-17-31-18-14-29;/h4-5,8-9H,3,6-7,10-21H2,1-2H3,(H2,26,27,28);1H. The Bertz CT molecular complexity index is 692. The first-order chi connectivity index (χ1) is 15.7. The summed E-state index contributed by atoms with van der Waals surface area (Å²) >= 11 is 0. The smallest absolute Gasteiger partial charge is 0.191 e. The Morgan fingerprint density at radius 2 is 1.88 bits per heavy atom. The van der Waals surface area contributed by atoms with Crippen molar-refractivity contribution < 1.29 is 14.2 Å². The minimum absolute atomic E-state index is 0. The molecule has 0 spiro atoms. The third-order valence-electron chi connectivity index (χ3n) is 6.69. The summed E-state index contributed by atoms with van der Waals surface area (Å²) in [6, 6.07) is 8.25. The van der Waals surface area contributed by atoms with E-state index in [0.717, 1.165) is 76.3 Å². The highest BCUT2D eigenvalue weighted by Gasteiger charge is 2.33. The maximum atomic E-state index is 6.12. The van der Waals surface area contributed by atoms with E-state index in [-0.39, 0.29) is 24.0 Å². The van der Waals surface area contributed by atoms with Crippen molar-refractivity contribution >= 4 is 29.9 Å². The second-order valence-corrected chi connectivity index (χ2v) is 8.84. The molecule has 188 valence electrons. The third kappa shape index (κ3) is 9.58. The molecule has 1 aromatic carbocycles. The van der Waals surface area contributed by atoms with Crippen LogP contribution in [-0.4, -0.2) is 77.1 Å². The number of nitrogens with one attached hydrogen (secondary N) is 2. The monoisotopic (exact) mass is 574 g/mol. The van der Waals surface area contributed by atoms with E-state index in [1.807, 2.05) is 19.2 Å². The van der Waals surface area contributed by atoms with E-state index in [9.17, 15) is 0 Å². The molecule has 0 atom stereocenters. The SMILES string of the molecule is CCOCCC1(CNC(=NC)NCc2ccccc2OCCN2CCOCC2)CCCC1.I. The van der Waals surface area contributed by atoms with Gasteiger partial charge in [0.2, 0.25) is 0 Å². The molecule has 1 aliphatic heterocycles. The number of halogens is 1. The van der Waals surface area contributed by atoms with Gasteiger partial charge in [-0.05, 0) is 37.7 Å². The van der Waals surface area contributed by atoms with Gasteiger partial charge in [0.25, 0.3) is 0 Å². The minimum atomic E-state index is 0. The van der Waals surface area contributed by atoms with Crippen LogP contribution in [0.1, 0.15) is 44.6 Å². The van der Waals surface area contributed by atoms with Crippen molar-refractivity contribution in [3.8, 4) is 5.75 Å². The number of hydrogen-bond donors (Lipinski definition) is 2. The molecule has 1 saturated heterocycles. The summed E-state index contributed by atoms with van der Waals surface area (Å²) in [5, 5.41) is 7.05. The Balaban J connectivity index is 0.00000385. The Kier molecular flexibility index (Phi) is 13.4. The van der Waals surface area contributed by atoms with Crippen LogP contribution < -0.4 is 15.4 Å². The summed E-state index contributed by atoms with van der Waals surface area (Å²) in [4.78, 5) is 6.84. The molecule has 2 fully saturated rings. The van der Waals surface area contributed by atoms with Gasteiger partial charge in [0.1, 0.15) is 12.4 Å². The first kappa shape index (κ1) is 28.1. The predicted molar refractivity (Wildman–Crippen MR) is 145 cm³/mol. The molecule has 1 heterocycles. The predicted octanol–water partition coefficient (Wildman–Crippen LogP) is 3.67. The van der Waals surface area contributed by atoms with Crippen LogP contribution >= 0.6 is 24.0 Å². The molecule has 2 aliphatic rings. The number of para-hydroxylation sites is 1. The summed E-state index contributed by atoms with van der Waals surface area (Å²) in [7, 11) is 1.83. The summed E-state index contributed by atoms with van der Waals surface area (Å²) in [6.45, 7) is 10.6. The van der Waals surface area contributed by atoms with Gasteiger partial charge in [0.15, 0.2) is 5.96 Å². The highest BCUT2D eigenvalue weighted by Crippen LogP contribution is 2.40. The van der Waals surface area contributed by atoms with Gasteiger partial charge < -0.3 is 24.8 Å². The van der Waals surface area contributed by atoms with Gasteiger partial charge in [-0.1, -0.05) is 31.0 Å². The Morgan fingerprint density at radius 3 is 2.61 bits per heavy atom. The number of ether oxygens (including phenoxy) is 3. The zero-order valence-electron chi connectivity index (χ0n) is 20.4. The number of morpholine rings is 1. The first-order valence-corrected chi connectivity index (χ1v) is 12.3. The van der Waals surface area contributed by atoms with E-state index < -0.39 is 0 Å². The maximum absolute atomic E-state index is 6.12. The van der Waals surface area contributed by atoms with Crippen molar-refractivity contribution in [2.75, 3.05) is 66.3 Å². The number of benzene rings is 1. The molecule has 2 N–H and O–H groups in total. The number of guanidine groups is 1. The van der Waals surface area contributed by atoms with Crippen molar-refractivity contribution in [2.45, 2.75) is 45.6 Å². The van der Waals surface area contributed by atoms with E-state index >= 15 is 0 Å². The Labute approximate surface area is 217 Å². The Hall–Kier alpha value is -1.10. The molecule has 1 aromatic rings. The second kappa shape index (κ2) is 15.7. The van der Waals surface area contributed by atoms with Crippen LogP contribution in [-0.2, 0) is 16.0 Å². The molecule has 33 heavy (non-hydrogen) atoms. The van der Waals surface area contributed by atoms with E-state index in [4.69, 9.17) is 14.2 Å². The zero-order valence-corrected chi connectivity index (χ0v) is 22.8. The molecule has 1 saturated carbocycles. The van der Waals surface area contributed by atoms with E-state index in [1.54, 1.807) is 0 Å². The molecule has 0 radical (unpaired) electrons. The second-order valence-electron chi connectivity index (χ2n) is 8.84. The van der Waals surface area contributed by atoms with Crippen LogP contribution in [0.3, 0.4) is 0 Å². The van der Waals surface area contributed by atoms with Gasteiger partial charge in [0, 0.05) is 58.5 Å². The molecule has 0 aromatic heterocycles. The normalized spacial score (nSPS) is 18.5. The lowest BCUT2D eigenvalue weighted by atomic mass is 9.83. The average Bonchev–Trinajstić information content (AvgIpc) is 3.30. The fraction of sp³-hybridized carbons (Fsp3) is 0.720. The lowest BCUT2D eigenvalue weighted by molar-refractivity contribution is 0.0322. The lowest BCUT2D eigenvalue weighted by Gasteiger charge is -2.30. The van der Waals surface area contributed by atoms with Gasteiger partial charge in [0.05, 0.1) is 13.2 Å². The van der Waals surface area contributed by atoms with Crippen molar-refractivity contribution in [1.82, 2.24) is 15.5 Å². The van der Waals surface area contributed by atoms with E-state index in [0.29, 0.717) is 18.6 Å². The number of hydrogen-bond acceptors (Lipinski definition) is 5. The maximum Gasteiger partial charge on any atom is 0.191 e. The molecule has 7 nitrogen and oxygen atoms in total. The van der Waals surface area contributed by atoms with E-state index in [1.165, 1.54) is 25.7 Å². The lowest BCUT2D eigenvalue weighted by Crippen LogP contribution is -2.43. The molecule has 1 aliphatic carbocycles. The Morgan fingerprint density at radius 1 is 1.12 bits per heavy atom. The summed E-state index contributed by atoms with van der Waals surface area (Å²) in [5.41, 5.74) is 1.47. The molecule has 0 unspecified atom stereocenters. The fourth-order valence-corrected chi connectivity index (χ4v) is 4.64. The van der Waals surface area contributed by atoms with Crippen molar-refractivity contribution in [3.63, 3.8) is 0 Å². The quantitative estimate of drug-likeness (QED) is 0.172. The molecular weight excluding hydrogens is 531 g/mol. The van der Waals surface area contributed by atoms with Crippen molar-refractivity contribution in [1.29, 1.82) is 0 Å².